The summed E-state index contributed by atoms with van der Waals surface area (Å²) >= 11 is 1.48. The predicted octanol–water partition coefficient (Wildman–Crippen LogP) is 3.72. The van der Waals surface area contributed by atoms with Gasteiger partial charge in [0.15, 0.2) is 0 Å². The molecular formula is C17H23N4O3S2+. The van der Waals surface area contributed by atoms with Crippen molar-refractivity contribution in [2.24, 2.45) is 10.2 Å². The second-order valence-electron chi connectivity index (χ2n) is 6.28. The molecule has 7 nitrogen and oxygen atoms in total. The molecule has 0 atom stereocenters. The van der Waals surface area contributed by atoms with Crippen LogP contribution in [0.1, 0.15) is 25.7 Å². The SMILES string of the molecule is O=S(=O)(O)CCCC[n+]1ccsc1N=Nc1ccc(N2CCCC2)cc1. The number of unbranched alkanes of at least 4 members (excludes halogenated alkanes) is 1. The quantitative estimate of drug-likeness (QED) is 0.319. The van der Waals surface area contributed by atoms with Crippen LogP contribution in [0.2, 0.25) is 0 Å². The van der Waals surface area contributed by atoms with Crippen LogP contribution in [0.3, 0.4) is 0 Å². The number of anilines is 1. The van der Waals surface area contributed by atoms with Crippen LogP contribution < -0.4 is 9.47 Å². The Bertz CT molecular complexity index is 841. The van der Waals surface area contributed by atoms with Gasteiger partial charge in [0.2, 0.25) is 0 Å². The molecule has 1 aromatic heterocycles. The highest BCUT2D eigenvalue weighted by atomic mass is 32.2. The van der Waals surface area contributed by atoms with Crippen molar-refractivity contribution in [3.05, 3.63) is 35.8 Å². The van der Waals surface area contributed by atoms with E-state index in [2.05, 4.69) is 27.3 Å². The maximum atomic E-state index is 10.7. The smallest absolute Gasteiger partial charge is 0.372 e. The highest BCUT2D eigenvalue weighted by Crippen LogP contribution is 2.24. The molecule has 0 unspecified atom stereocenters. The molecule has 3 rings (SSSR count). The number of hydrogen-bond donors (Lipinski definition) is 1. The highest BCUT2D eigenvalue weighted by molar-refractivity contribution is 7.85. The lowest BCUT2D eigenvalue weighted by atomic mass is 10.2. The predicted molar refractivity (Wildman–Crippen MR) is 102 cm³/mol. The summed E-state index contributed by atoms with van der Waals surface area (Å²) in [6.07, 6.45) is 5.47. The van der Waals surface area contributed by atoms with Crippen LogP contribution in [0.5, 0.6) is 0 Å². The van der Waals surface area contributed by atoms with Crippen molar-refractivity contribution in [2.75, 3.05) is 23.7 Å². The Morgan fingerprint density at radius 3 is 2.54 bits per heavy atom. The number of benzene rings is 1. The molecule has 9 heteroatoms. The standard InChI is InChI=1S/C17H22N4O3S2/c22-26(23,24)14-4-3-11-21-12-13-25-17(21)19-18-15-5-7-16(8-6-15)20-9-1-2-10-20/h5-8,12-13H,1-4,9-11,14H2/p+1. The zero-order valence-electron chi connectivity index (χ0n) is 14.5. The zero-order valence-corrected chi connectivity index (χ0v) is 16.1. The van der Waals surface area contributed by atoms with Gasteiger partial charge in [-0.3, -0.25) is 4.55 Å². The Kier molecular flexibility index (Phi) is 6.33. The summed E-state index contributed by atoms with van der Waals surface area (Å²) in [7, 11) is -3.88. The molecule has 0 saturated carbocycles. The summed E-state index contributed by atoms with van der Waals surface area (Å²) in [6, 6.07) is 8.11. The minimum atomic E-state index is -3.88. The Morgan fingerprint density at radius 2 is 1.85 bits per heavy atom. The first-order valence-corrected chi connectivity index (χ1v) is 11.2. The Labute approximate surface area is 157 Å². The fourth-order valence-corrected chi connectivity index (χ4v) is 4.19. The van der Waals surface area contributed by atoms with Crippen LogP contribution in [0.25, 0.3) is 0 Å². The molecule has 1 aromatic carbocycles. The summed E-state index contributed by atoms with van der Waals surface area (Å²) in [5, 5.41) is 11.3. The van der Waals surface area contributed by atoms with E-state index >= 15 is 0 Å². The Hall–Kier alpha value is -1.84. The van der Waals surface area contributed by atoms with Gasteiger partial charge in [0.25, 0.3) is 10.1 Å². The first-order valence-electron chi connectivity index (χ1n) is 8.70. The summed E-state index contributed by atoms with van der Waals surface area (Å²) < 4.78 is 32.2. The van der Waals surface area contributed by atoms with Crippen molar-refractivity contribution in [2.45, 2.75) is 32.2 Å². The average Bonchev–Trinajstić information content (AvgIpc) is 3.28. The van der Waals surface area contributed by atoms with E-state index in [0.717, 1.165) is 23.9 Å². The van der Waals surface area contributed by atoms with Crippen molar-refractivity contribution in [1.29, 1.82) is 0 Å². The number of thiazole rings is 1. The molecular weight excluding hydrogens is 372 g/mol. The van der Waals surface area contributed by atoms with Crippen molar-refractivity contribution in [1.82, 2.24) is 0 Å². The minimum Gasteiger partial charge on any atom is -0.372 e. The number of azo groups is 1. The molecule has 0 spiro atoms. The Morgan fingerprint density at radius 1 is 1.12 bits per heavy atom. The van der Waals surface area contributed by atoms with Crippen molar-refractivity contribution in [3.8, 4) is 0 Å². The van der Waals surface area contributed by atoms with Gasteiger partial charge in [0, 0.05) is 24.2 Å². The summed E-state index contributed by atoms with van der Waals surface area (Å²) in [5.74, 6) is -0.210. The van der Waals surface area contributed by atoms with E-state index in [1.54, 1.807) is 0 Å². The molecule has 140 valence electrons. The highest BCUT2D eigenvalue weighted by Gasteiger charge is 2.14. The fourth-order valence-electron chi connectivity index (χ4n) is 2.92. The maximum Gasteiger partial charge on any atom is 0.408 e. The number of aryl methyl sites for hydroxylation is 1. The molecule has 2 aromatic rings. The summed E-state index contributed by atoms with van der Waals surface area (Å²) in [4.78, 5) is 2.38. The lowest BCUT2D eigenvalue weighted by Crippen LogP contribution is -2.31. The second-order valence-corrected chi connectivity index (χ2v) is 8.73. The van der Waals surface area contributed by atoms with Crippen molar-refractivity contribution < 1.29 is 17.5 Å². The van der Waals surface area contributed by atoms with Gasteiger partial charge in [-0.15, -0.1) is 0 Å². The van der Waals surface area contributed by atoms with Gasteiger partial charge in [-0.2, -0.15) is 8.42 Å². The molecule has 1 aliphatic rings. The van der Waals surface area contributed by atoms with Crippen molar-refractivity contribution in [3.63, 3.8) is 0 Å². The normalized spacial score (nSPS) is 15.2. The topological polar surface area (TPSA) is 86.2 Å². The van der Waals surface area contributed by atoms with Crippen LogP contribution in [0.4, 0.5) is 16.5 Å². The van der Waals surface area contributed by atoms with E-state index in [1.165, 1.54) is 29.9 Å². The zero-order chi connectivity index (χ0) is 18.4. The molecule has 2 heterocycles. The van der Waals surface area contributed by atoms with Gasteiger partial charge in [-0.1, -0.05) is 0 Å². The third-order valence-electron chi connectivity index (χ3n) is 4.28. The maximum absolute atomic E-state index is 10.7. The van der Waals surface area contributed by atoms with Crippen molar-refractivity contribution >= 4 is 38.0 Å². The van der Waals surface area contributed by atoms with Crippen LogP contribution in [0, 0.1) is 0 Å². The molecule has 1 aliphatic heterocycles. The summed E-state index contributed by atoms with van der Waals surface area (Å²) in [5.41, 5.74) is 2.03. The molecule has 26 heavy (non-hydrogen) atoms. The van der Waals surface area contributed by atoms with Gasteiger partial charge in [-0.25, -0.2) is 4.57 Å². The number of aromatic nitrogens is 1. The van der Waals surface area contributed by atoms with E-state index in [-0.39, 0.29) is 5.75 Å². The average molecular weight is 396 g/mol. The second kappa shape index (κ2) is 8.70. The molecule has 0 bridgehead atoms. The van der Waals surface area contributed by atoms with Crippen LogP contribution >= 0.6 is 11.3 Å². The summed E-state index contributed by atoms with van der Waals surface area (Å²) in [6.45, 7) is 2.88. The fraction of sp³-hybridized carbons (Fsp3) is 0.471. The van der Waals surface area contributed by atoms with Gasteiger partial charge in [0.05, 0.1) is 17.4 Å². The third-order valence-corrected chi connectivity index (χ3v) is 5.87. The van der Waals surface area contributed by atoms with Gasteiger partial charge in [-0.05, 0) is 66.4 Å². The molecule has 1 saturated heterocycles. The molecule has 1 fully saturated rings. The van der Waals surface area contributed by atoms with Crippen LogP contribution in [0.15, 0.2) is 46.1 Å². The van der Waals surface area contributed by atoms with Crippen LogP contribution in [-0.2, 0) is 16.7 Å². The lowest BCUT2D eigenvalue weighted by molar-refractivity contribution is -0.680. The van der Waals surface area contributed by atoms with Gasteiger partial charge >= 0.3 is 5.13 Å². The molecule has 0 radical (unpaired) electrons. The largest absolute Gasteiger partial charge is 0.408 e. The van der Waals surface area contributed by atoms with E-state index in [9.17, 15) is 8.42 Å². The first-order chi connectivity index (χ1) is 12.5. The van der Waals surface area contributed by atoms with Gasteiger partial charge in [0.1, 0.15) is 11.9 Å². The van der Waals surface area contributed by atoms with E-state index in [1.807, 2.05) is 28.3 Å². The third kappa shape index (κ3) is 5.58. The lowest BCUT2D eigenvalue weighted by Gasteiger charge is -2.16. The molecule has 0 aliphatic carbocycles. The Balaban J connectivity index is 1.56. The van der Waals surface area contributed by atoms with Crippen LogP contribution in [-0.4, -0.2) is 31.8 Å². The van der Waals surface area contributed by atoms with E-state index in [0.29, 0.717) is 19.4 Å². The first kappa shape index (κ1) is 18.9. The number of nitrogens with zero attached hydrogens (tertiary/aromatic N) is 4. The number of hydrogen-bond acceptors (Lipinski definition) is 6. The van der Waals surface area contributed by atoms with E-state index < -0.39 is 10.1 Å². The van der Waals surface area contributed by atoms with E-state index in [4.69, 9.17) is 4.55 Å². The minimum absolute atomic E-state index is 0.210. The van der Waals surface area contributed by atoms with Gasteiger partial charge < -0.3 is 4.90 Å². The number of rotatable bonds is 8. The molecule has 1 N–H and O–H groups in total. The monoisotopic (exact) mass is 395 g/mol. The molecule has 0 amide bonds.